The SMILES string of the molecule is COCCN(C)Cc1ccc(OC)c(C#CCCO)c1. The number of hydrogen-bond donors (Lipinski definition) is 1. The van der Waals surface area contributed by atoms with E-state index in [9.17, 15) is 0 Å². The minimum absolute atomic E-state index is 0.0781. The van der Waals surface area contributed by atoms with Gasteiger partial charge in [0.25, 0.3) is 0 Å². The molecule has 0 aliphatic carbocycles. The Balaban J connectivity index is 2.79. The van der Waals surface area contributed by atoms with Crippen LogP contribution in [0.2, 0.25) is 0 Å². The van der Waals surface area contributed by atoms with Crippen LogP contribution >= 0.6 is 0 Å². The summed E-state index contributed by atoms with van der Waals surface area (Å²) >= 11 is 0. The molecule has 0 radical (unpaired) electrons. The van der Waals surface area contributed by atoms with Crippen LogP contribution in [0.5, 0.6) is 5.75 Å². The zero-order valence-corrected chi connectivity index (χ0v) is 12.5. The van der Waals surface area contributed by atoms with Crippen LogP contribution in [0, 0.1) is 11.8 Å². The van der Waals surface area contributed by atoms with Crippen molar-refractivity contribution in [2.45, 2.75) is 13.0 Å². The number of hydrogen-bond acceptors (Lipinski definition) is 4. The fourth-order valence-corrected chi connectivity index (χ4v) is 1.80. The second kappa shape index (κ2) is 9.38. The van der Waals surface area contributed by atoms with Gasteiger partial charge in [-0.05, 0) is 24.7 Å². The zero-order chi connectivity index (χ0) is 14.8. The zero-order valence-electron chi connectivity index (χ0n) is 12.5. The first kappa shape index (κ1) is 16.5. The molecule has 0 amide bonds. The van der Waals surface area contributed by atoms with Crippen LogP contribution < -0.4 is 4.74 Å². The summed E-state index contributed by atoms with van der Waals surface area (Å²) < 4.78 is 10.4. The lowest BCUT2D eigenvalue weighted by atomic mass is 10.1. The molecular weight excluding hydrogens is 254 g/mol. The van der Waals surface area contributed by atoms with Crippen molar-refractivity contribution in [3.8, 4) is 17.6 Å². The average molecular weight is 277 g/mol. The molecule has 1 aromatic rings. The first-order chi connectivity index (χ1) is 9.71. The van der Waals surface area contributed by atoms with Gasteiger partial charge in [0, 0.05) is 26.6 Å². The van der Waals surface area contributed by atoms with Gasteiger partial charge >= 0.3 is 0 Å². The highest BCUT2D eigenvalue weighted by molar-refractivity contribution is 5.48. The summed E-state index contributed by atoms with van der Waals surface area (Å²) in [7, 11) is 5.40. The van der Waals surface area contributed by atoms with Crippen molar-refractivity contribution in [2.24, 2.45) is 0 Å². The third-order valence-electron chi connectivity index (χ3n) is 2.85. The molecule has 0 spiro atoms. The maximum absolute atomic E-state index is 8.77. The second-order valence-corrected chi connectivity index (χ2v) is 4.54. The molecule has 0 saturated carbocycles. The third-order valence-corrected chi connectivity index (χ3v) is 2.85. The number of likely N-dealkylation sites (N-methyl/N-ethyl adjacent to an activating group) is 1. The third kappa shape index (κ3) is 5.62. The first-order valence-electron chi connectivity index (χ1n) is 6.65. The molecule has 4 nitrogen and oxygen atoms in total. The van der Waals surface area contributed by atoms with Crippen molar-refractivity contribution in [3.05, 3.63) is 29.3 Å². The van der Waals surface area contributed by atoms with Gasteiger partial charge in [0.05, 0.1) is 25.9 Å². The fraction of sp³-hybridized carbons (Fsp3) is 0.500. The molecule has 0 aliphatic heterocycles. The van der Waals surface area contributed by atoms with E-state index in [1.165, 1.54) is 5.56 Å². The number of nitrogens with zero attached hydrogens (tertiary/aromatic N) is 1. The molecule has 0 bridgehead atoms. The Hall–Kier alpha value is -1.54. The predicted octanol–water partition coefficient (Wildman–Crippen LogP) is 1.51. The normalized spacial score (nSPS) is 10.2. The number of ether oxygens (including phenoxy) is 2. The van der Waals surface area contributed by atoms with Gasteiger partial charge in [-0.25, -0.2) is 0 Å². The Kier molecular flexibility index (Phi) is 7.74. The minimum atomic E-state index is 0.0781. The molecule has 0 unspecified atom stereocenters. The monoisotopic (exact) mass is 277 g/mol. The van der Waals surface area contributed by atoms with E-state index in [4.69, 9.17) is 14.6 Å². The Morgan fingerprint density at radius 3 is 2.75 bits per heavy atom. The summed E-state index contributed by atoms with van der Waals surface area (Å²) in [6, 6.07) is 6.01. The highest BCUT2D eigenvalue weighted by atomic mass is 16.5. The number of aliphatic hydroxyl groups is 1. The van der Waals surface area contributed by atoms with Gasteiger partial charge < -0.3 is 14.6 Å². The Morgan fingerprint density at radius 2 is 2.10 bits per heavy atom. The molecule has 0 heterocycles. The Bertz CT molecular complexity index is 463. The lowest BCUT2D eigenvalue weighted by molar-refractivity contribution is 0.158. The number of methoxy groups -OCH3 is 2. The van der Waals surface area contributed by atoms with E-state index >= 15 is 0 Å². The maximum Gasteiger partial charge on any atom is 0.134 e. The van der Waals surface area contributed by atoms with E-state index in [1.54, 1.807) is 14.2 Å². The summed E-state index contributed by atoms with van der Waals surface area (Å²) in [6.07, 6.45) is 0.473. The largest absolute Gasteiger partial charge is 0.495 e. The molecule has 1 N–H and O–H groups in total. The van der Waals surface area contributed by atoms with Crippen LogP contribution in [-0.2, 0) is 11.3 Å². The molecule has 4 heteroatoms. The van der Waals surface area contributed by atoms with Crippen molar-refractivity contribution >= 4 is 0 Å². The van der Waals surface area contributed by atoms with Crippen LogP contribution in [0.25, 0.3) is 0 Å². The highest BCUT2D eigenvalue weighted by Crippen LogP contribution is 2.19. The lowest BCUT2D eigenvalue weighted by Gasteiger charge is -2.16. The first-order valence-corrected chi connectivity index (χ1v) is 6.65. The summed E-state index contributed by atoms with van der Waals surface area (Å²) in [5.74, 6) is 6.73. The van der Waals surface area contributed by atoms with E-state index in [1.807, 2.05) is 18.2 Å². The van der Waals surface area contributed by atoms with E-state index in [0.717, 1.165) is 31.0 Å². The second-order valence-electron chi connectivity index (χ2n) is 4.54. The summed E-state index contributed by atoms with van der Waals surface area (Å²) in [6.45, 7) is 2.51. The topological polar surface area (TPSA) is 41.9 Å². The van der Waals surface area contributed by atoms with Gasteiger partial charge in [-0.15, -0.1) is 0 Å². The number of aliphatic hydroxyl groups excluding tert-OH is 1. The van der Waals surface area contributed by atoms with E-state index in [-0.39, 0.29) is 6.61 Å². The molecule has 20 heavy (non-hydrogen) atoms. The van der Waals surface area contributed by atoms with Gasteiger partial charge in [0.1, 0.15) is 5.75 Å². The van der Waals surface area contributed by atoms with Crippen molar-refractivity contribution < 1.29 is 14.6 Å². The van der Waals surface area contributed by atoms with Gasteiger partial charge in [-0.2, -0.15) is 0 Å². The predicted molar refractivity (Wildman–Crippen MR) is 79.8 cm³/mol. The number of benzene rings is 1. The van der Waals surface area contributed by atoms with Crippen molar-refractivity contribution in [3.63, 3.8) is 0 Å². The number of rotatable bonds is 7. The summed E-state index contributed by atoms with van der Waals surface area (Å²) in [5, 5.41) is 8.77. The molecule has 110 valence electrons. The minimum Gasteiger partial charge on any atom is -0.495 e. The maximum atomic E-state index is 8.77. The molecular formula is C16H23NO3. The van der Waals surface area contributed by atoms with Crippen LogP contribution in [0.15, 0.2) is 18.2 Å². The lowest BCUT2D eigenvalue weighted by Crippen LogP contribution is -2.22. The fourth-order valence-electron chi connectivity index (χ4n) is 1.80. The van der Waals surface area contributed by atoms with Crippen molar-refractivity contribution in [1.82, 2.24) is 4.90 Å². The molecule has 0 saturated heterocycles. The standard InChI is InChI=1S/C16H23NO3/c1-17(9-11-19-2)13-14-7-8-16(20-3)15(12-14)6-4-5-10-18/h7-8,12,18H,5,9-11,13H2,1-3H3. The van der Waals surface area contributed by atoms with Gasteiger partial charge in [0.15, 0.2) is 0 Å². The molecule has 1 aromatic carbocycles. The van der Waals surface area contributed by atoms with Crippen molar-refractivity contribution in [2.75, 3.05) is 41.0 Å². The molecule has 0 aromatic heterocycles. The van der Waals surface area contributed by atoms with E-state index in [0.29, 0.717) is 6.42 Å². The highest BCUT2D eigenvalue weighted by Gasteiger charge is 2.05. The smallest absolute Gasteiger partial charge is 0.134 e. The summed E-state index contributed by atoms with van der Waals surface area (Å²) in [5.41, 5.74) is 2.04. The van der Waals surface area contributed by atoms with E-state index < -0.39 is 0 Å². The molecule has 0 atom stereocenters. The van der Waals surface area contributed by atoms with Gasteiger partial charge in [-0.3, -0.25) is 4.90 Å². The molecule has 0 fully saturated rings. The van der Waals surface area contributed by atoms with E-state index in [2.05, 4.69) is 23.8 Å². The average Bonchev–Trinajstić information content (AvgIpc) is 2.46. The Labute approximate surface area is 121 Å². The molecule has 1 rings (SSSR count). The van der Waals surface area contributed by atoms with Crippen LogP contribution in [0.4, 0.5) is 0 Å². The Morgan fingerprint density at radius 1 is 1.30 bits per heavy atom. The van der Waals surface area contributed by atoms with Gasteiger partial charge in [0.2, 0.25) is 0 Å². The summed E-state index contributed by atoms with van der Waals surface area (Å²) in [4.78, 5) is 2.19. The van der Waals surface area contributed by atoms with Crippen LogP contribution in [0.1, 0.15) is 17.5 Å². The van der Waals surface area contributed by atoms with Crippen molar-refractivity contribution in [1.29, 1.82) is 0 Å². The molecule has 0 aliphatic rings. The van der Waals surface area contributed by atoms with Gasteiger partial charge in [-0.1, -0.05) is 17.9 Å². The van der Waals surface area contributed by atoms with Crippen LogP contribution in [-0.4, -0.2) is 51.0 Å². The van der Waals surface area contributed by atoms with Crippen LogP contribution in [0.3, 0.4) is 0 Å². The quantitative estimate of drug-likeness (QED) is 0.767.